The maximum absolute atomic E-state index is 11.0. The molecule has 3 aromatic rings. The minimum Gasteiger partial charge on any atom is -0.374 e. The van der Waals surface area contributed by atoms with Crippen molar-refractivity contribution in [2.45, 2.75) is 6.54 Å². The quantitative estimate of drug-likeness (QED) is 0.591. The number of anilines is 1. The average Bonchev–Trinajstić information content (AvgIpc) is 2.87. The summed E-state index contributed by atoms with van der Waals surface area (Å²) in [5, 5.41) is 14.4. The minimum atomic E-state index is -0.442. The fraction of sp³-hybridized carbons (Fsp3) is 0.0714. The summed E-state index contributed by atoms with van der Waals surface area (Å²) in [6, 6.07) is 10.1. The Labute approximate surface area is 125 Å². The molecule has 106 valence electrons. The second kappa shape index (κ2) is 5.41. The zero-order valence-electron chi connectivity index (χ0n) is 10.9. The Hall–Kier alpha value is -2.60. The van der Waals surface area contributed by atoms with Gasteiger partial charge in [-0.1, -0.05) is 17.7 Å². The van der Waals surface area contributed by atoms with E-state index in [-0.39, 0.29) is 5.69 Å². The predicted molar refractivity (Wildman–Crippen MR) is 80.6 cm³/mol. The van der Waals surface area contributed by atoms with Gasteiger partial charge in [0.2, 0.25) is 0 Å². The normalized spacial score (nSPS) is 10.7. The van der Waals surface area contributed by atoms with Gasteiger partial charge in [0.15, 0.2) is 0 Å². The summed E-state index contributed by atoms with van der Waals surface area (Å²) in [6.45, 7) is 0.378. The first-order valence-electron chi connectivity index (χ1n) is 6.24. The maximum Gasteiger partial charge on any atom is 0.292 e. The highest BCUT2D eigenvalue weighted by Gasteiger charge is 2.14. The largest absolute Gasteiger partial charge is 0.374 e. The van der Waals surface area contributed by atoms with Crippen molar-refractivity contribution in [1.29, 1.82) is 0 Å². The molecule has 0 amide bonds. The van der Waals surface area contributed by atoms with Crippen molar-refractivity contribution in [3.63, 3.8) is 0 Å². The highest BCUT2D eigenvalue weighted by Crippen LogP contribution is 2.27. The molecule has 0 fully saturated rings. The summed E-state index contributed by atoms with van der Waals surface area (Å²) < 4.78 is 1.89. The van der Waals surface area contributed by atoms with E-state index in [0.717, 1.165) is 11.3 Å². The van der Waals surface area contributed by atoms with Crippen LogP contribution in [0.5, 0.6) is 0 Å². The number of nitrogens with one attached hydrogen (secondary N) is 1. The van der Waals surface area contributed by atoms with Crippen molar-refractivity contribution >= 4 is 28.6 Å². The molecule has 0 spiro atoms. The Balaban J connectivity index is 1.84. The van der Waals surface area contributed by atoms with Crippen molar-refractivity contribution < 1.29 is 4.92 Å². The molecule has 2 heterocycles. The lowest BCUT2D eigenvalue weighted by atomic mass is 10.2. The van der Waals surface area contributed by atoms with Crippen LogP contribution in [0.3, 0.4) is 0 Å². The van der Waals surface area contributed by atoms with E-state index < -0.39 is 4.92 Å². The van der Waals surface area contributed by atoms with E-state index in [0.29, 0.717) is 17.3 Å². The number of nitro groups is 1. The highest BCUT2D eigenvalue weighted by molar-refractivity contribution is 6.31. The summed E-state index contributed by atoms with van der Waals surface area (Å²) in [5.41, 5.74) is 1.98. The average molecular weight is 303 g/mol. The van der Waals surface area contributed by atoms with Crippen LogP contribution in [-0.4, -0.2) is 14.3 Å². The summed E-state index contributed by atoms with van der Waals surface area (Å²) in [4.78, 5) is 15.0. The lowest BCUT2D eigenvalue weighted by molar-refractivity contribution is -0.384. The van der Waals surface area contributed by atoms with Crippen LogP contribution < -0.4 is 5.32 Å². The molecule has 0 aliphatic heterocycles. The molecule has 0 atom stereocenters. The fourth-order valence-corrected chi connectivity index (χ4v) is 2.24. The molecule has 0 unspecified atom stereocenters. The van der Waals surface area contributed by atoms with Gasteiger partial charge < -0.3 is 9.72 Å². The number of rotatable bonds is 4. The van der Waals surface area contributed by atoms with Gasteiger partial charge in [0, 0.05) is 23.5 Å². The van der Waals surface area contributed by atoms with Crippen molar-refractivity contribution in [3.05, 3.63) is 69.6 Å². The molecule has 0 bridgehead atoms. The number of imidazole rings is 1. The summed E-state index contributed by atoms with van der Waals surface area (Å²) in [6.07, 6.45) is 3.77. The first-order valence-corrected chi connectivity index (χ1v) is 6.62. The number of aromatic nitrogens is 2. The molecule has 0 aliphatic rings. The van der Waals surface area contributed by atoms with Gasteiger partial charge in [0.05, 0.1) is 17.2 Å². The molecule has 7 heteroatoms. The molecule has 1 N–H and O–H groups in total. The minimum absolute atomic E-state index is 0.0110. The second-order valence-corrected chi connectivity index (χ2v) is 4.91. The summed E-state index contributed by atoms with van der Waals surface area (Å²) >= 11 is 5.89. The van der Waals surface area contributed by atoms with Crippen LogP contribution in [0, 0.1) is 10.1 Å². The van der Waals surface area contributed by atoms with Crippen LogP contribution >= 0.6 is 11.6 Å². The zero-order valence-corrected chi connectivity index (χ0v) is 11.6. The Morgan fingerprint density at radius 1 is 1.33 bits per heavy atom. The number of hydrogen-bond donors (Lipinski definition) is 1. The molecule has 6 nitrogen and oxygen atoms in total. The summed E-state index contributed by atoms with van der Waals surface area (Å²) in [7, 11) is 0. The zero-order chi connectivity index (χ0) is 14.8. The molecule has 2 aromatic heterocycles. The monoisotopic (exact) mass is 302 g/mol. The summed E-state index contributed by atoms with van der Waals surface area (Å²) in [5.74, 6) is 0. The third kappa shape index (κ3) is 2.80. The number of nitrogens with zero attached hydrogens (tertiary/aromatic N) is 3. The molecule has 0 saturated heterocycles. The number of benzene rings is 1. The third-order valence-corrected chi connectivity index (χ3v) is 3.26. The van der Waals surface area contributed by atoms with Crippen molar-refractivity contribution in [2.24, 2.45) is 0 Å². The van der Waals surface area contributed by atoms with Crippen LogP contribution in [-0.2, 0) is 6.54 Å². The van der Waals surface area contributed by atoms with Crippen LogP contribution in [0.4, 0.5) is 11.4 Å². The van der Waals surface area contributed by atoms with Gasteiger partial charge in [-0.3, -0.25) is 10.1 Å². The molecule has 21 heavy (non-hydrogen) atoms. The van der Waals surface area contributed by atoms with Crippen molar-refractivity contribution in [3.8, 4) is 0 Å². The number of nitro benzene ring substituents is 1. The van der Waals surface area contributed by atoms with Crippen LogP contribution in [0.15, 0.2) is 48.8 Å². The van der Waals surface area contributed by atoms with E-state index >= 15 is 0 Å². The Morgan fingerprint density at radius 3 is 2.95 bits per heavy atom. The van der Waals surface area contributed by atoms with Gasteiger partial charge in [-0.05, 0) is 24.3 Å². The van der Waals surface area contributed by atoms with Gasteiger partial charge in [-0.25, -0.2) is 4.98 Å². The number of hydrogen-bond acceptors (Lipinski definition) is 4. The van der Waals surface area contributed by atoms with E-state index in [9.17, 15) is 10.1 Å². The first-order chi connectivity index (χ1) is 10.1. The smallest absolute Gasteiger partial charge is 0.292 e. The molecular weight excluding hydrogens is 292 g/mol. The molecule has 0 saturated carbocycles. The van der Waals surface area contributed by atoms with Crippen molar-refractivity contribution in [1.82, 2.24) is 9.38 Å². The SMILES string of the molecule is O=[N+]([O-])c1ccc(Cl)cc1NCc1cn2ccccc2n1. The highest BCUT2D eigenvalue weighted by atomic mass is 35.5. The second-order valence-electron chi connectivity index (χ2n) is 4.47. The Bertz CT molecular complexity index is 783. The standard InChI is InChI=1S/C14H11ClN4O2/c15-10-4-5-13(19(20)21)12(7-10)16-8-11-9-18-6-2-1-3-14(18)17-11/h1-7,9,16H,8H2. The predicted octanol–water partition coefficient (Wildman–Crippen LogP) is 3.51. The molecule has 0 radical (unpaired) electrons. The lowest BCUT2D eigenvalue weighted by Crippen LogP contribution is -2.02. The van der Waals surface area contributed by atoms with Gasteiger partial charge in [0.25, 0.3) is 5.69 Å². The molecule has 1 aromatic carbocycles. The van der Waals surface area contributed by atoms with Gasteiger partial charge in [-0.15, -0.1) is 0 Å². The number of pyridine rings is 1. The van der Waals surface area contributed by atoms with E-state index in [1.54, 1.807) is 0 Å². The first kappa shape index (κ1) is 13.4. The van der Waals surface area contributed by atoms with Crippen LogP contribution in [0.2, 0.25) is 5.02 Å². The maximum atomic E-state index is 11.0. The van der Waals surface area contributed by atoms with Crippen LogP contribution in [0.25, 0.3) is 5.65 Å². The van der Waals surface area contributed by atoms with Crippen LogP contribution in [0.1, 0.15) is 5.69 Å². The van der Waals surface area contributed by atoms with Gasteiger partial charge in [0.1, 0.15) is 11.3 Å². The van der Waals surface area contributed by atoms with Gasteiger partial charge in [-0.2, -0.15) is 0 Å². The van der Waals surface area contributed by atoms with E-state index in [1.807, 2.05) is 35.0 Å². The molecule has 0 aliphatic carbocycles. The lowest BCUT2D eigenvalue weighted by Gasteiger charge is -2.05. The Kier molecular flexibility index (Phi) is 3.45. The number of fused-ring (bicyclic) bond motifs is 1. The molecule has 3 rings (SSSR count). The third-order valence-electron chi connectivity index (χ3n) is 3.03. The van der Waals surface area contributed by atoms with Crippen molar-refractivity contribution in [2.75, 3.05) is 5.32 Å². The number of halogens is 1. The van der Waals surface area contributed by atoms with Gasteiger partial charge >= 0.3 is 0 Å². The Morgan fingerprint density at radius 2 is 2.19 bits per heavy atom. The van der Waals surface area contributed by atoms with E-state index in [4.69, 9.17) is 11.6 Å². The van der Waals surface area contributed by atoms with E-state index in [1.165, 1.54) is 18.2 Å². The fourth-order valence-electron chi connectivity index (χ4n) is 2.07. The molecular formula is C14H11ClN4O2. The topological polar surface area (TPSA) is 72.5 Å². The van der Waals surface area contributed by atoms with E-state index in [2.05, 4.69) is 10.3 Å².